The first-order valence-corrected chi connectivity index (χ1v) is 10.1. The van der Waals surface area contributed by atoms with E-state index in [2.05, 4.69) is 10.6 Å². The highest BCUT2D eigenvalue weighted by Gasteiger charge is 2.38. The number of halogens is 5. The van der Waals surface area contributed by atoms with E-state index in [4.69, 9.17) is 19.4 Å². The lowest BCUT2D eigenvalue weighted by Crippen LogP contribution is -2.40. The molecule has 1 atom stereocenters. The van der Waals surface area contributed by atoms with Gasteiger partial charge in [-0.15, -0.1) is 0 Å². The van der Waals surface area contributed by atoms with E-state index in [9.17, 15) is 26.7 Å². The van der Waals surface area contributed by atoms with Crippen LogP contribution >= 0.6 is 0 Å². The molecule has 1 fully saturated rings. The summed E-state index contributed by atoms with van der Waals surface area (Å²) in [4.78, 5) is 21.0. The molecule has 0 saturated carbocycles. The van der Waals surface area contributed by atoms with E-state index in [0.717, 1.165) is 19.4 Å². The number of amides is 1. The second kappa shape index (κ2) is 12.2. The van der Waals surface area contributed by atoms with E-state index in [-0.39, 0.29) is 30.9 Å². The van der Waals surface area contributed by atoms with Crippen LogP contribution in [-0.4, -0.2) is 42.9 Å². The molecule has 34 heavy (non-hydrogen) atoms. The number of carbonyl (C=O) groups excluding carboxylic acids is 1. The fourth-order valence-corrected chi connectivity index (χ4v) is 3.00. The maximum Gasteiger partial charge on any atom is 0.490 e. The van der Waals surface area contributed by atoms with E-state index in [1.807, 2.05) is 0 Å². The van der Waals surface area contributed by atoms with Crippen LogP contribution in [0, 0.1) is 11.6 Å². The molecule has 2 aromatic rings. The Morgan fingerprint density at radius 1 is 1.12 bits per heavy atom. The van der Waals surface area contributed by atoms with Crippen molar-refractivity contribution in [3.8, 4) is 11.5 Å². The molecule has 1 aliphatic rings. The molecule has 186 valence electrons. The molecular weight excluding hydrogens is 467 g/mol. The number of alkyl halides is 3. The molecule has 1 aliphatic heterocycles. The van der Waals surface area contributed by atoms with Gasteiger partial charge in [-0.25, -0.2) is 13.6 Å². The molecule has 2 aromatic carbocycles. The van der Waals surface area contributed by atoms with Crippen molar-refractivity contribution in [1.82, 2.24) is 10.6 Å². The van der Waals surface area contributed by atoms with Gasteiger partial charge in [-0.1, -0.05) is 18.2 Å². The van der Waals surface area contributed by atoms with Gasteiger partial charge in [0.25, 0.3) is 0 Å². The largest absolute Gasteiger partial charge is 0.496 e. The van der Waals surface area contributed by atoms with Crippen molar-refractivity contribution >= 4 is 11.9 Å². The van der Waals surface area contributed by atoms with Crippen molar-refractivity contribution in [3.63, 3.8) is 0 Å². The van der Waals surface area contributed by atoms with Crippen LogP contribution in [0.5, 0.6) is 11.5 Å². The molecule has 0 aromatic heterocycles. The Morgan fingerprint density at radius 3 is 2.35 bits per heavy atom. The van der Waals surface area contributed by atoms with Gasteiger partial charge in [0.2, 0.25) is 5.91 Å². The summed E-state index contributed by atoms with van der Waals surface area (Å²) < 4.78 is 70.5. The number of aliphatic carboxylic acids is 1. The summed E-state index contributed by atoms with van der Waals surface area (Å²) in [6, 6.07) is 8.62. The number of benzene rings is 2. The average molecular weight is 490 g/mol. The number of carbonyl (C=O) groups is 2. The Bertz CT molecular complexity index is 994. The van der Waals surface area contributed by atoms with Crippen molar-refractivity contribution in [2.75, 3.05) is 13.7 Å². The highest BCUT2D eigenvalue weighted by Crippen LogP contribution is 2.29. The lowest BCUT2D eigenvalue weighted by atomic mass is 10.1. The summed E-state index contributed by atoms with van der Waals surface area (Å²) in [6.45, 7) is 0.866. The summed E-state index contributed by atoms with van der Waals surface area (Å²) in [5, 5.41) is 13.0. The monoisotopic (exact) mass is 490 g/mol. The highest BCUT2D eigenvalue weighted by atomic mass is 19.4. The number of nitrogens with one attached hydrogen (secondary N) is 2. The minimum atomic E-state index is -5.08. The van der Waals surface area contributed by atoms with Crippen LogP contribution in [0.25, 0.3) is 0 Å². The Labute approximate surface area is 191 Å². The lowest BCUT2D eigenvalue weighted by Gasteiger charge is -2.15. The van der Waals surface area contributed by atoms with E-state index < -0.39 is 23.8 Å². The fraction of sp³-hybridized carbons (Fsp3) is 0.364. The Hall–Kier alpha value is -3.41. The van der Waals surface area contributed by atoms with Crippen molar-refractivity contribution < 1.29 is 46.1 Å². The third-order valence-corrected chi connectivity index (χ3v) is 4.75. The normalized spacial score (nSPS) is 15.2. The summed E-state index contributed by atoms with van der Waals surface area (Å²) >= 11 is 0. The number of carboxylic acids is 1. The summed E-state index contributed by atoms with van der Waals surface area (Å²) in [7, 11) is 1.46. The first-order chi connectivity index (χ1) is 16.0. The van der Waals surface area contributed by atoms with E-state index in [1.54, 1.807) is 18.2 Å². The first kappa shape index (κ1) is 26.8. The predicted octanol–water partition coefficient (Wildman–Crippen LogP) is 3.55. The summed E-state index contributed by atoms with van der Waals surface area (Å²) in [5.41, 5.74) is 0.829. The smallest absolute Gasteiger partial charge is 0.490 e. The zero-order valence-electron chi connectivity index (χ0n) is 18.0. The molecule has 0 bridgehead atoms. The maximum absolute atomic E-state index is 14.4. The standard InChI is InChI=1S/C20H22F2N2O3.C2HF3O2/c1-26-18-10-19(27-12-13-5-2-3-6-15(13)21)16(22)9-14(18)11-24-20(25)17-7-4-8-23-17;3-2(4,5)1(6)7/h2-3,5-6,9-10,17,23H,4,7-8,11-12H2,1H3,(H,24,25);(H,6,7)/t17-;/m0./s1. The third-order valence-electron chi connectivity index (χ3n) is 4.75. The molecule has 0 unspecified atom stereocenters. The SMILES string of the molecule is COc1cc(OCc2ccccc2F)c(F)cc1CNC(=O)[C@@H]1CCCN1.O=C(O)C(F)(F)F. The van der Waals surface area contributed by atoms with Gasteiger partial charge in [0, 0.05) is 23.7 Å². The van der Waals surface area contributed by atoms with Crippen LogP contribution in [0.4, 0.5) is 22.0 Å². The van der Waals surface area contributed by atoms with Gasteiger partial charge in [-0.2, -0.15) is 13.2 Å². The summed E-state index contributed by atoms with van der Waals surface area (Å²) in [6.07, 6.45) is -3.33. The van der Waals surface area contributed by atoms with Gasteiger partial charge >= 0.3 is 12.1 Å². The van der Waals surface area contributed by atoms with Gasteiger partial charge in [-0.05, 0) is 31.5 Å². The number of carboxylic acid groups (broad SMARTS) is 1. The van der Waals surface area contributed by atoms with Gasteiger partial charge in [0.05, 0.1) is 13.2 Å². The summed E-state index contributed by atoms with van der Waals surface area (Å²) in [5.74, 6) is -3.54. The molecule has 12 heteroatoms. The number of hydrogen-bond donors (Lipinski definition) is 3. The highest BCUT2D eigenvalue weighted by molar-refractivity contribution is 5.82. The zero-order chi connectivity index (χ0) is 25.3. The van der Waals surface area contributed by atoms with Crippen LogP contribution in [0.3, 0.4) is 0 Å². The number of rotatable bonds is 7. The van der Waals surface area contributed by atoms with Crippen molar-refractivity contribution in [3.05, 3.63) is 59.2 Å². The Balaban J connectivity index is 0.000000509. The Kier molecular flexibility index (Phi) is 9.60. The minimum Gasteiger partial charge on any atom is -0.496 e. The molecule has 3 N–H and O–H groups in total. The first-order valence-electron chi connectivity index (χ1n) is 10.1. The van der Waals surface area contributed by atoms with Gasteiger partial charge in [0.15, 0.2) is 11.6 Å². The molecular formula is C22H23F5N2O5. The van der Waals surface area contributed by atoms with Crippen molar-refractivity contribution in [2.45, 2.75) is 38.2 Å². The van der Waals surface area contributed by atoms with Gasteiger partial charge < -0.3 is 25.2 Å². The van der Waals surface area contributed by atoms with Gasteiger partial charge in [0.1, 0.15) is 18.2 Å². The quantitative estimate of drug-likeness (QED) is 0.514. The van der Waals surface area contributed by atoms with Crippen LogP contribution in [0.2, 0.25) is 0 Å². The topological polar surface area (TPSA) is 96.9 Å². The van der Waals surface area contributed by atoms with E-state index in [0.29, 0.717) is 16.9 Å². The van der Waals surface area contributed by atoms with Crippen molar-refractivity contribution in [1.29, 1.82) is 0 Å². The van der Waals surface area contributed by atoms with Crippen LogP contribution in [0.15, 0.2) is 36.4 Å². The number of hydrogen-bond acceptors (Lipinski definition) is 5. The van der Waals surface area contributed by atoms with Crippen LogP contribution in [0.1, 0.15) is 24.0 Å². The molecule has 3 rings (SSSR count). The molecule has 1 heterocycles. The molecule has 1 saturated heterocycles. The maximum atomic E-state index is 14.4. The number of ether oxygens (including phenoxy) is 2. The second-order valence-electron chi connectivity index (χ2n) is 7.14. The van der Waals surface area contributed by atoms with Crippen LogP contribution < -0.4 is 20.1 Å². The van der Waals surface area contributed by atoms with Crippen LogP contribution in [-0.2, 0) is 22.7 Å². The molecule has 7 nitrogen and oxygen atoms in total. The third kappa shape index (κ3) is 7.87. The molecule has 1 amide bonds. The molecule has 0 radical (unpaired) electrons. The number of methoxy groups -OCH3 is 1. The molecule has 0 spiro atoms. The zero-order valence-corrected chi connectivity index (χ0v) is 18.0. The lowest BCUT2D eigenvalue weighted by molar-refractivity contribution is -0.192. The van der Waals surface area contributed by atoms with E-state index >= 15 is 0 Å². The average Bonchev–Trinajstić information content (AvgIpc) is 3.32. The second-order valence-corrected chi connectivity index (χ2v) is 7.14. The minimum absolute atomic E-state index is 0.0392. The predicted molar refractivity (Wildman–Crippen MR) is 110 cm³/mol. The van der Waals surface area contributed by atoms with Crippen molar-refractivity contribution in [2.24, 2.45) is 0 Å². The van der Waals surface area contributed by atoms with E-state index in [1.165, 1.54) is 25.3 Å². The fourth-order valence-electron chi connectivity index (χ4n) is 3.00. The Morgan fingerprint density at radius 2 is 1.79 bits per heavy atom. The van der Waals surface area contributed by atoms with Gasteiger partial charge in [-0.3, -0.25) is 4.79 Å². The molecule has 0 aliphatic carbocycles.